The number of nitrogens with two attached hydrogens (primary N) is 2. The molecule has 0 radical (unpaired) electrons. The number of primary amides is 1. The minimum absolute atomic E-state index is 0.00871. The second-order valence-corrected chi connectivity index (χ2v) is 20.3. The summed E-state index contributed by atoms with van der Waals surface area (Å²) in [6, 6.07) is 8.10. The molecule has 4 aliphatic rings. The van der Waals surface area contributed by atoms with Crippen molar-refractivity contribution >= 4 is 109 Å². The van der Waals surface area contributed by atoms with Gasteiger partial charge in [0, 0.05) is 47.4 Å². The molecule has 5 amide bonds. The van der Waals surface area contributed by atoms with E-state index in [-0.39, 0.29) is 51.4 Å². The van der Waals surface area contributed by atoms with Gasteiger partial charge in [0.05, 0.1) is 17.2 Å². The highest BCUT2D eigenvalue weighted by Crippen LogP contribution is 2.42. The Balaban J connectivity index is 0.000000205. The fraction of sp³-hybridized carbons (Fsp3) is 0.289. The summed E-state index contributed by atoms with van der Waals surface area (Å²) in [6.45, 7) is 0.0850. The van der Waals surface area contributed by atoms with Crippen molar-refractivity contribution in [3.05, 3.63) is 99.6 Å². The summed E-state index contributed by atoms with van der Waals surface area (Å²) in [5, 5.41) is 40.5. The highest BCUT2D eigenvalue weighted by Gasteiger charge is 2.55. The van der Waals surface area contributed by atoms with Gasteiger partial charge < -0.3 is 41.9 Å². The molecule has 7 heterocycles. The number of aryl methyl sites for hydroxylation is 1. The van der Waals surface area contributed by atoms with Gasteiger partial charge >= 0.3 is 5.97 Å². The fourth-order valence-electron chi connectivity index (χ4n) is 7.25. The van der Waals surface area contributed by atoms with Crippen LogP contribution in [0, 0.1) is 0 Å². The predicted molar refractivity (Wildman–Crippen MR) is 242 cm³/mol. The first-order valence-electron chi connectivity index (χ1n) is 19.7. The van der Waals surface area contributed by atoms with Crippen molar-refractivity contribution in [1.29, 1.82) is 0 Å². The van der Waals surface area contributed by atoms with Gasteiger partial charge in [0.25, 0.3) is 27.8 Å². The summed E-state index contributed by atoms with van der Waals surface area (Å²) in [4.78, 5) is 97.4. The molecule has 362 valence electrons. The molecule has 2 saturated heterocycles. The van der Waals surface area contributed by atoms with Crippen LogP contribution in [0.4, 0.5) is 5.13 Å². The molecule has 31 heteroatoms. The average molecular weight is 1040 g/mol. The van der Waals surface area contributed by atoms with Crippen LogP contribution in [-0.2, 0) is 57.3 Å². The molecule has 3 aromatic heterocycles. The number of amides is 5. The molecule has 8 rings (SSSR count). The number of nitrogens with zero attached hydrogens (tertiary/aromatic N) is 9. The minimum Gasteiger partial charge on any atom is -0.543 e. The quantitative estimate of drug-likeness (QED) is 0.0165. The van der Waals surface area contributed by atoms with Crippen molar-refractivity contribution in [2.75, 3.05) is 30.1 Å². The monoisotopic (exact) mass is 1040 g/mol. The molecular formula is C38H37N13O13S5. The number of fused-ring (bicyclic) bond motifs is 2. The van der Waals surface area contributed by atoms with Crippen molar-refractivity contribution in [2.24, 2.45) is 17.9 Å². The maximum atomic E-state index is 12.9. The van der Waals surface area contributed by atoms with Crippen molar-refractivity contribution < 1.29 is 66.2 Å². The summed E-state index contributed by atoms with van der Waals surface area (Å²) in [7, 11) is -1.91. The smallest absolute Gasteiger partial charge is 0.352 e. The number of hydrogen-bond acceptors (Lipinski definition) is 21. The first-order chi connectivity index (χ1) is 32.8. The Bertz CT molecular complexity index is 2950. The van der Waals surface area contributed by atoms with Gasteiger partial charge in [-0.1, -0.05) is 47.2 Å². The average Bonchev–Trinajstić information content (AvgIpc) is 3.94. The van der Waals surface area contributed by atoms with Crippen LogP contribution in [0.15, 0.2) is 93.1 Å². The topological polar surface area (TPSA) is 382 Å². The third-order valence-corrected chi connectivity index (χ3v) is 15.9. The third kappa shape index (κ3) is 10.6. The molecule has 4 aliphatic heterocycles. The highest BCUT2D eigenvalue weighted by molar-refractivity contribution is 8.01. The lowest BCUT2D eigenvalue weighted by molar-refractivity contribution is -0.689. The number of carboxylic acids is 2. The van der Waals surface area contributed by atoms with Gasteiger partial charge in [-0.05, 0) is 21.6 Å². The number of aliphatic carboxylic acids is 2. The molecule has 0 spiro atoms. The van der Waals surface area contributed by atoms with Crippen molar-refractivity contribution in [2.45, 2.75) is 39.8 Å². The van der Waals surface area contributed by atoms with Crippen molar-refractivity contribution in [1.82, 2.24) is 45.6 Å². The van der Waals surface area contributed by atoms with E-state index in [1.807, 2.05) is 0 Å². The van der Waals surface area contributed by atoms with Crippen LogP contribution in [0.5, 0.6) is 0 Å². The fourth-order valence-corrected chi connectivity index (χ4v) is 12.3. The lowest BCUT2D eigenvalue weighted by Crippen LogP contribution is -2.71. The number of β-lactam (4-membered cyclic amide) rings is 2. The summed E-state index contributed by atoms with van der Waals surface area (Å²) in [5.41, 5.74) is 11.7. The molecule has 1 unspecified atom stereocenters. The van der Waals surface area contributed by atoms with Crippen LogP contribution in [0.3, 0.4) is 0 Å². The summed E-state index contributed by atoms with van der Waals surface area (Å²) in [6.07, 6.45) is 3.08. The molecule has 69 heavy (non-hydrogen) atoms. The van der Waals surface area contributed by atoms with Gasteiger partial charge in [0.2, 0.25) is 17.0 Å². The Labute approximate surface area is 406 Å². The van der Waals surface area contributed by atoms with E-state index >= 15 is 0 Å². The summed E-state index contributed by atoms with van der Waals surface area (Å²) in [5.74, 6) is -5.66. The van der Waals surface area contributed by atoms with Gasteiger partial charge in [-0.15, -0.1) is 40.0 Å². The number of oxime groups is 1. The number of carboxylic acid groups (broad SMARTS) is 2. The van der Waals surface area contributed by atoms with E-state index in [0.717, 1.165) is 16.2 Å². The molecule has 2 fully saturated rings. The van der Waals surface area contributed by atoms with Crippen LogP contribution in [0.1, 0.15) is 26.9 Å². The van der Waals surface area contributed by atoms with Crippen molar-refractivity contribution in [3.63, 3.8) is 0 Å². The lowest BCUT2D eigenvalue weighted by Gasteiger charge is -2.50. The third-order valence-electron chi connectivity index (χ3n) is 10.4. The van der Waals surface area contributed by atoms with E-state index in [1.54, 1.807) is 23.1 Å². The van der Waals surface area contributed by atoms with Crippen LogP contribution in [-0.4, -0.2) is 147 Å². The lowest BCUT2D eigenvalue weighted by atomic mass is 10.0. The number of carbonyl (C=O) groups excluding carboxylic acids is 6. The van der Waals surface area contributed by atoms with Gasteiger partial charge in [0.15, 0.2) is 35.0 Å². The number of carbonyl (C=O) groups is 7. The number of hydrogen-bond donors (Lipinski definition) is 6. The second kappa shape index (κ2) is 20.7. The maximum absolute atomic E-state index is 12.9. The van der Waals surface area contributed by atoms with E-state index in [4.69, 9.17) is 16.3 Å². The number of anilines is 1. The van der Waals surface area contributed by atoms with Gasteiger partial charge in [-0.2, -0.15) is 8.42 Å². The van der Waals surface area contributed by atoms with E-state index in [2.05, 4.69) is 36.3 Å². The molecule has 1 aromatic carbocycles. The number of benzene rings is 1. The zero-order chi connectivity index (χ0) is 49.9. The largest absolute Gasteiger partial charge is 0.543 e. The van der Waals surface area contributed by atoms with E-state index < -0.39 is 79.7 Å². The number of nitrogen functional groups attached to an aromatic ring is 1. The van der Waals surface area contributed by atoms with Crippen molar-refractivity contribution in [3.8, 4) is 0 Å². The molecule has 0 saturated carbocycles. The summed E-state index contributed by atoms with van der Waals surface area (Å²) < 4.78 is 36.5. The first kappa shape index (κ1) is 50.0. The number of nitrogens with one attached hydrogen (secondary N) is 2. The maximum Gasteiger partial charge on any atom is 0.352 e. The second-order valence-electron chi connectivity index (χ2n) is 14.8. The number of tetrazole rings is 1. The molecule has 8 N–H and O–H groups in total. The Morgan fingerprint density at radius 1 is 1.00 bits per heavy atom. The minimum atomic E-state index is -4.86. The van der Waals surface area contributed by atoms with E-state index in [0.29, 0.717) is 27.8 Å². The molecule has 26 nitrogen and oxygen atoms in total. The van der Waals surface area contributed by atoms with Crippen LogP contribution < -0.4 is 31.8 Å². The number of thioether (sulfide) groups is 3. The van der Waals surface area contributed by atoms with Crippen LogP contribution >= 0.6 is 46.6 Å². The number of pyridine rings is 1. The van der Waals surface area contributed by atoms with E-state index in [9.17, 15) is 56.7 Å². The molecular weight excluding hydrogens is 1010 g/mol. The number of aromatic nitrogens is 6. The predicted octanol–water partition coefficient (Wildman–Crippen LogP) is -2.76. The highest BCUT2D eigenvalue weighted by atomic mass is 32.2. The Kier molecular flexibility index (Phi) is 15.0. The molecule has 5 atom stereocenters. The first-order valence-corrected chi connectivity index (χ1v) is 25.1. The standard InChI is InChI=1S/C22H20N4O8S2.C16H17N9O5S3/c23-18(27)13-6-8-25(9-7-13)10-14-11-35-21-15(20(29)26(21)16(14)22(30)31)24-19(28)17(36(32,33)34)12-4-2-1-3-5-12;1-24-16(20-22-23-24)33-4-6-3-31-13-9(12(27)25(13)10(6)14(28)29)19-11(26)8(21-30-2)7-5-32-15(17)18-7/h1-9,15,17,21H,10-11H2,(H4-,23,24,27,28,30,31,32,33,34);5,9,13H,3-4H2,1-2H3,(H2,17,18)(H,19,26)(H,28,29)/b;21-8-/t15-,17?,21-;9-,13-/m11/s1. The Morgan fingerprint density at radius 2 is 1.62 bits per heavy atom. The number of thiazole rings is 1. The van der Waals surface area contributed by atoms with Gasteiger partial charge in [-0.25, -0.2) is 19.0 Å². The Hall–Kier alpha value is -6.93. The molecule has 0 aliphatic carbocycles. The molecule has 0 bridgehead atoms. The van der Waals surface area contributed by atoms with Crippen LogP contribution in [0.2, 0.25) is 0 Å². The number of rotatable bonds is 16. The zero-order valence-electron chi connectivity index (χ0n) is 35.6. The SMILES string of the molecule is CO/N=C(\C(=O)N[C@@H]1C(=O)N2C(C(=O)O)=C(CSc3nnnn3C)CS[C@H]12)c1csc(N)n1.NC(=O)c1cc[n+](CC2=C(C(=O)[O-])N3C(=O)[C@@H](NC(=O)C(c4ccccc4)S(=O)(=O)O)[C@H]3SC2)cc1. The Morgan fingerprint density at radius 3 is 2.16 bits per heavy atom. The summed E-state index contributed by atoms with van der Waals surface area (Å²) >= 11 is 4.93. The van der Waals surface area contributed by atoms with Crippen LogP contribution in [0.25, 0.3) is 0 Å². The van der Waals surface area contributed by atoms with Gasteiger partial charge in [0.1, 0.15) is 41.3 Å². The normalized spacial score (nSPS) is 20.3. The van der Waals surface area contributed by atoms with Gasteiger partial charge in [-0.3, -0.25) is 38.3 Å². The zero-order valence-corrected chi connectivity index (χ0v) is 39.7. The molecule has 4 aromatic rings. The van der Waals surface area contributed by atoms with E-state index in [1.165, 1.54) is 101 Å².